The number of rotatable bonds is 3. The summed E-state index contributed by atoms with van der Waals surface area (Å²) in [5.74, 6) is -0.618. The standard InChI is InChI=1S/C23H31FN4O3/c1-23(2,3)31-22(30)28-12-5-4-8-20(28)21(29)26-17-7-6-11-27(15-17)19-10-9-16(14-25)13-18(19)24/h9-10,13,17,20H,4-8,11-12,15H2,1-3H3,(H,26,29)/t17?,20-/m0/s1. The van der Waals surface area contributed by atoms with Crippen molar-refractivity contribution in [1.82, 2.24) is 10.2 Å². The van der Waals surface area contributed by atoms with Crippen LogP contribution >= 0.6 is 0 Å². The number of anilines is 1. The number of piperidine rings is 2. The van der Waals surface area contributed by atoms with Crippen molar-refractivity contribution < 1.29 is 18.7 Å². The molecule has 0 saturated carbocycles. The Morgan fingerprint density at radius 2 is 1.97 bits per heavy atom. The molecule has 2 atom stereocenters. The van der Waals surface area contributed by atoms with E-state index in [2.05, 4.69) is 5.32 Å². The lowest BCUT2D eigenvalue weighted by Gasteiger charge is -2.38. The number of halogens is 1. The van der Waals surface area contributed by atoms with Crippen LogP contribution in [0, 0.1) is 17.1 Å². The van der Waals surface area contributed by atoms with Crippen molar-refractivity contribution in [1.29, 1.82) is 5.26 Å². The highest BCUT2D eigenvalue weighted by Gasteiger charge is 2.36. The Morgan fingerprint density at radius 3 is 2.65 bits per heavy atom. The first-order valence-corrected chi connectivity index (χ1v) is 10.9. The van der Waals surface area contributed by atoms with Crippen LogP contribution in [0.25, 0.3) is 0 Å². The molecule has 0 aromatic heterocycles. The third-order valence-electron chi connectivity index (χ3n) is 5.62. The Kier molecular flexibility index (Phi) is 7.04. The molecule has 3 rings (SSSR count). The second-order valence-electron chi connectivity index (χ2n) is 9.26. The molecule has 168 valence electrons. The van der Waals surface area contributed by atoms with Crippen molar-refractivity contribution in [3.8, 4) is 6.07 Å². The van der Waals surface area contributed by atoms with Crippen LogP contribution in [0.15, 0.2) is 18.2 Å². The summed E-state index contributed by atoms with van der Waals surface area (Å²) in [6.45, 7) is 7.09. The lowest BCUT2D eigenvalue weighted by Crippen LogP contribution is -2.57. The van der Waals surface area contributed by atoms with Crippen molar-refractivity contribution >= 4 is 17.7 Å². The SMILES string of the molecule is CC(C)(C)OC(=O)N1CCCC[C@H]1C(=O)NC1CCCN(c2ccc(C#N)cc2F)C1. The molecule has 2 aliphatic heterocycles. The largest absolute Gasteiger partial charge is 0.444 e. The van der Waals surface area contributed by atoms with Gasteiger partial charge in [0.1, 0.15) is 17.5 Å². The molecule has 1 N–H and O–H groups in total. The maximum atomic E-state index is 14.4. The lowest BCUT2D eigenvalue weighted by atomic mass is 10.00. The molecule has 0 bridgehead atoms. The van der Waals surface area contributed by atoms with E-state index in [4.69, 9.17) is 10.00 Å². The van der Waals surface area contributed by atoms with E-state index < -0.39 is 23.6 Å². The number of carbonyl (C=O) groups excluding carboxylic acids is 2. The smallest absolute Gasteiger partial charge is 0.410 e. The first-order valence-electron chi connectivity index (χ1n) is 10.9. The Balaban J connectivity index is 1.65. The van der Waals surface area contributed by atoms with Gasteiger partial charge in [0, 0.05) is 25.7 Å². The minimum Gasteiger partial charge on any atom is -0.444 e. The van der Waals surface area contributed by atoms with Gasteiger partial charge >= 0.3 is 6.09 Å². The van der Waals surface area contributed by atoms with Crippen LogP contribution in [0.4, 0.5) is 14.9 Å². The molecular weight excluding hydrogens is 399 g/mol. The summed E-state index contributed by atoms with van der Waals surface area (Å²) in [5, 5.41) is 12.0. The fourth-order valence-electron chi connectivity index (χ4n) is 4.19. The van der Waals surface area contributed by atoms with Gasteiger partial charge in [-0.2, -0.15) is 5.26 Å². The van der Waals surface area contributed by atoms with Gasteiger partial charge in [0.05, 0.1) is 17.3 Å². The van der Waals surface area contributed by atoms with Crippen molar-refractivity contribution in [2.24, 2.45) is 0 Å². The molecule has 2 fully saturated rings. The van der Waals surface area contributed by atoms with Crippen LogP contribution in [-0.2, 0) is 9.53 Å². The van der Waals surface area contributed by atoms with Crippen LogP contribution in [0.2, 0.25) is 0 Å². The summed E-state index contributed by atoms with van der Waals surface area (Å²) < 4.78 is 19.9. The zero-order valence-electron chi connectivity index (χ0n) is 18.5. The molecule has 2 amide bonds. The minimum absolute atomic E-state index is 0.140. The maximum absolute atomic E-state index is 14.4. The van der Waals surface area contributed by atoms with Crippen LogP contribution in [0.3, 0.4) is 0 Å². The first kappa shape index (κ1) is 22.9. The number of likely N-dealkylation sites (tertiary alicyclic amines) is 1. The van der Waals surface area contributed by atoms with Crippen LogP contribution in [0.1, 0.15) is 58.4 Å². The second-order valence-corrected chi connectivity index (χ2v) is 9.26. The van der Waals surface area contributed by atoms with Crippen molar-refractivity contribution in [2.45, 2.75) is 70.6 Å². The van der Waals surface area contributed by atoms with Crippen LogP contribution in [-0.4, -0.2) is 54.2 Å². The Labute approximate surface area is 183 Å². The van der Waals surface area contributed by atoms with Crippen molar-refractivity contribution in [2.75, 3.05) is 24.5 Å². The number of benzene rings is 1. The van der Waals surface area contributed by atoms with E-state index in [1.54, 1.807) is 12.1 Å². The average molecular weight is 431 g/mol. The van der Waals surface area contributed by atoms with Gasteiger partial charge in [-0.05, 0) is 71.1 Å². The fourth-order valence-corrected chi connectivity index (χ4v) is 4.19. The number of nitrogens with one attached hydrogen (secondary N) is 1. The highest BCUT2D eigenvalue weighted by atomic mass is 19.1. The van der Waals surface area contributed by atoms with Gasteiger partial charge in [0.25, 0.3) is 0 Å². The number of amides is 2. The lowest BCUT2D eigenvalue weighted by molar-refractivity contribution is -0.128. The predicted octanol–water partition coefficient (Wildman–Crippen LogP) is 3.57. The normalized spacial score (nSPS) is 21.9. The number of ether oxygens (including phenoxy) is 1. The number of carbonyl (C=O) groups is 2. The highest BCUT2D eigenvalue weighted by Crippen LogP contribution is 2.25. The topological polar surface area (TPSA) is 85.7 Å². The van der Waals surface area contributed by atoms with Gasteiger partial charge in [-0.3, -0.25) is 9.69 Å². The summed E-state index contributed by atoms with van der Waals surface area (Å²) >= 11 is 0. The fraction of sp³-hybridized carbons (Fsp3) is 0.609. The van der Waals surface area contributed by atoms with Gasteiger partial charge in [0.15, 0.2) is 0 Å². The monoisotopic (exact) mass is 430 g/mol. The number of nitriles is 1. The van der Waals surface area contributed by atoms with Crippen molar-refractivity contribution in [3.63, 3.8) is 0 Å². The van der Waals surface area contributed by atoms with Crippen LogP contribution in [0.5, 0.6) is 0 Å². The molecule has 7 nitrogen and oxygen atoms in total. The third-order valence-corrected chi connectivity index (χ3v) is 5.62. The van der Waals surface area contributed by atoms with Gasteiger partial charge in [-0.25, -0.2) is 9.18 Å². The van der Waals surface area contributed by atoms with Gasteiger partial charge in [0.2, 0.25) is 5.91 Å². The number of nitrogens with zero attached hydrogens (tertiary/aromatic N) is 3. The zero-order chi connectivity index (χ0) is 22.6. The molecule has 1 unspecified atom stereocenters. The summed E-state index contributed by atoms with van der Waals surface area (Å²) in [6.07, 6.45) is 3.47. The van der Waals surface area contributed by atoms with Gasteiger partial charge in [-0.1, -0.05) is 0 Å². The average Bonchev–Trinajstić information content (AvgIpc) is 2.72. The quantitative estimate of drug-likeness (QED) is 0.792. The minimum atomic E-state index is -0.620. The third kappa shape index (κ3) is 5.87. The molecule has 0 radical (unpaired) electrons. The summed E-state index contributed by atoms with van der Waals surface area (Å²) in [4.78, 5) is 29.1. The molecule has 31 heavy (non-hydrogen) atoms. The Bertz CT molecular complexity index is 861. The molecule has 0 spiro atoms. The van der Waals surface area contributed by atoms with Crippen LogP contribution < -0.4 is 10.2 Å². The molecule has 0 aliphatic carbocycles. The van der Waals surface area contributed by atoms with E-state index in [9.17, 15) is 14.0 Å². The van der Waals surface area contributed by atoms with Crippen molar-refractivity contribution in [3.05, 3.63) is 29.6 Å². The summed E-state index contributed by atoms with van der Waals surface area (Å²) in [5.41, 5.74) is 0.0959. The predicted molar refractivity (Wildman–Crippen MR) is 115 cm³/mol. The number of hydrogen-bond donors (Lipinski definition) is 1. The van der Waals surface area contributed by atoms with E-state index in [1.165, 1.54) is 11.0 Å². The Morgan fingerprint density at radius 1 is 1.19 bits per heavy atom. The molecule has 1 aromatic carbocycles. The molecule has 2 heterocycles. The maximum Gasteiger partial charge on any atom is 0.410 e. The van der Waals surface area contributed by atoms with Gasteiger partial charge in [-0.15, -0.1) is 0 Å². The number of hydrogen-bond acceptors (Lipinski definition) is 5. The van der Waals surface area contributed by atoms with E-state index in [-0.39, 0.29) is 17.5 Å². The molecule has 2 saturated heterocycles. The highest BCUT2D eigenvalue weighted by molar-refractivity contribution is 5.86. The van der Waals surface area contributed by atoms with Gasteiger partial charge < -0.3 is 15.0 Å². The Hall–Kier alpha value is -2.82. The molecule has 2 aliphatic rings. The van der Waals surface area contributed by atoms with E-state index in [0.717, 1.165) is 25.7 Å². The van der Waals surface area contributed by atoms with E-state index in [0.29, 0.717) is 31.7 Å². The zero-order valence-corrected chi connectivity index (χ0v) is 18.5. The summed E-state index contributed by atoms with van der Waals surface area (Å²) in [7, 11) is 0. The molecule has 1 aromatic rings. The molecule has 8 heteroatoms. The molecular formula is C23H31FN4O3. The first-order chi connectivity index (χ1) is 14.7. The van der Waals surface area contributed by atoms with E-state index in [1.807, 2.05) is 31.7 Å². The summed E-state index contributed by atoms with van der Waals surface area (Å²) in [6, 6.07) is 5.70. The second kappa shape index (κ2) is 9.54. The van der Waals surface area contributed by atoms with E-state index >= 15 is 0 Å².